The second-order valence-corrected chi connectivity index (χ2v) is 18.9. The van der Waals surface area contributed by atoms with Gasteiger partial charge >= 0.3 is 24.2 Å². The Hall–Kier alpha value is -3.90. The van der Waals surface area contributed by atoms with Crippen LogP contribution in [0.3, 0.4) is 0 Å². The number of ether oxygens (including phenoxy) is 7. The average molecular weight is 892 g/mol. The maximum absolute atomic E-state index is 14.9. The SMILES string of the molecule is CCC1OC(=O)C(C)C(OC(=O)N2C(=O)OCC2C)C(C)C(OC2OC(C)CC(N(C)C(C)C)C2O)C(C)(OC)CC(C)C(=O)C(C)C2N(CCc3ccc(F)cc3)C(=O)OC12C. The van der Waals surface area contributed by atoms with Gasteiger partial charge in [-0.3, -0.25) is 19.4 Å². The number of methoxy groups -OCH3 is 1. The molecule has 0 bridgehead atoms. The number of esters is 1. The van der Waals surface area contributed by atoms with Crippen LogP contribution < -0.4 is 0 Å². The fourth-order valence-electron chi connectivity index (χ4n) is 10.2. The summed E-state index contributed by atoms with van der Waals surface area (Å²) in [4.78, 5) is 74.7. The highest BCUT2D eigenvalue weighted by atomic mass is 19.1. The van der Waals surface area contributed by atoms with Crippen LogP contribution in [0, 0.1) is 29.5 Å². The van der Waals surface area contributed by atoms with Gasteiger partial charge in [0.2, 0.25) is 0 Å². The monoisotopic (exact) mass is 891 g/mol. The van der Waals surface area contributed by atoms with Gasteiger partial charge in [-0.2, -0.15) is 0 Å². The van der Waals surface area contributed by atoms with E-state index >= 15 is 0 Å². The van der Waals surface area contributed by atoms with Crippen LogP contribution in [-0.4, -0.2) is 149 Å². The zero-order chi connectivity index (χ0) is 46.9. The molecule has 16 nitrogen and oxygen atoms in total. The highest BCUT2D eigenvalue weighted by Crippen LogP contribution is 2.44. The summed E-state index contributed by atoms with van der Waals surface area (Å²) in [5.41, 5.74) is -2.17. The third-order valence-corrected chi connectivity index (χ3v) is 14.1. The first-order valence-electron chi connectivity index (χ1n) is 22.4. The molecule has 4 aliphatic heterocycles. The van der Waals surface area contributed by atoms with Crippen molar-refractivity contribution in [3.8, 4) is 0 Å². The van der Waals surface area contributed by atoms with Gasteiger partial charge in [0.15, 0.2) is 11.9 Å². The first kappa shape index (κ1) is 50.1. The Bertz CT molecular complexity index is 1800. The highest BCUT2D eigenvalue weighted by molar-refractivity contribution is 5.90. The van der Waals surface area contributed by atoms with Crippen molar-refractivity contribution in [1.29, 1.82) is 0 Å². The van der Waals surface area contributed by atoms with Gasteiger partial charge in [0.25, 0.3) is 0 Å². The number of hydrogen-bond donors (Lipinski definition) is 1. The van der Waals surface area contributed by atoms with E-state index in [9.17, 15) is 33.5 Å². The van der Waals surface area contributed by atoms with Gasteiger partial charge in [0, 0.05) is 43.5 Å². The number of fused-ring (bicyclic) bond motifs is 1. The van der Waals surface area contributed by atoms with E-state index < -0.39 is 108 Å². The Labute approximate surface area is 371 Å². The Morgan fingerprint density at radius 3 is 2.24 bits per heavy atom. The van der Waals surface area contributed by atoms with E-state index in [0.717, 1.165) is 10.5 Å². The standard InChI is InChI=1S/C46H70FN3O13/c1-14-34-46(11)38(49(42(54)63-46)20-19-31-15-17-32(47)18-16-31)28(7)35(51)25(4)22-45(10,57-13)39(62-41-36(52)33(21-27(6)59-41)48(12)24(2)3)29(8)37(30(9)40(53)60-34)61-44(56)50-26(5)23-58-43(50)55/h15-18,24-30,33-34,36-39,41,52H,14,19-23H2,1-13H3. The number of cyclic esters (lactones) is 2. The number of likely N-dealkylation sites (N-methyl/N-ethyl adjacent to an activating group) is 1. The molecule has 4 fully saturated rings. The summed E-state index contributed by atoms with van der Waals surface area (Å²) in [6.07, 6.45) is -7.93. The summed E-state index contributed by atoms with van der Waals surface area (Å²) in [7, 11) is 3.38. The fraction of sp³-hybridized carbons (Fsp3) is 0.761. The molecule has 4 saturated heterocycles. The number of nitrogens with zero attached hydrogens (tertiary/aromatic N) is 3. The van der Waals surface area contributed by atoms with Gasteiger partial charge in [0.05, 0.1) is 35.8 Å². The lowest BCUT2D eigenvalue weighted by molar-refractivity contribution is -0.302. The molecule has 0 saturated carbocycles. The predicted molar refractivity (Wildman–Crippen MR) is 227 cm³/mol. The van der Waals surface area contributed by atoms with Crippen molar-refractivity contribution in [2.75, 3.05) is 27.3 Å². The number of benzene rings is 1. The third kappa shape index (κ3) is 10.3. The van der Waals surface area contributed by atoms with Crippen molar-refractivity contribution in [2.45, 2.75) is 174 Å². The van der Waals surface area contributed by atoms with Gasteiger partial charge in [-0.1, -0.05) is 39.8 Å². The smallest absolute Gasteiger partial charge is 0.419 e. The zero-order valence-electron chi connectivity index (χ0n) is 39.2. The van der Waals surface area contributed by atoms with E-state index in [0.29, 0.717) is 12.8 Å². The Morgan fingerprint density at radius 2 is 1.67 bits per heavy atom. The summed E-state index contributed by atoms with van der Waals surface area (Å²) in [6.45, 7) is 19.5. The predicted octanol–water partition coefficient (Wildman–Crippen LogP) is 6.13. The first-order valence-corrected chi connectivity index (χ1v) is 22.4. The molecule has 354 valence electrons. The summed E-state index contributed by atoms with van der Waals surface area (Å²) in [5.74, 6) is -5.24. The van der Waals surface area contributed by atoms with Crippen molar-refractivity contribution in [3.05, 3.63) is 35.6 Å². The molecule has 4 aliphatic rings. The number of halogens is 1. The number of Topliss-reactive ketones (excluding diaryl/α,β-unsaturated/α-hetero) is 1. The maximum Gasteiger partial charge on any atom is 0.419 e. The number of carbonyl (C=O) groups excluding carboxylic acids is 5. The molecular formula is C46H70FN3O13. The minimum Gasteiger partial charge on any atom is -0.458 e. The normalized spacial score (nSPS) is 38.3. The molecule has 0 aliphatic carbocycles. The van der Waals surface area contributed by atoms with Crippen LogP contribution in [0.25, 0.3) is 0 Å². The van der Waals surface area contributed by atoms with Crippen molar-refractivity contribution in [3.63, 3.8) is 0 Å². The van der Waals surface area contributed by atoms with Gasteiger partial charge in [-0.15, -0.1) is 0 Å². The lowest BCUT2D eigenvalue weighted by Gasteiger charge is -2.49. The maximum atomic E-state index is 14.9. The molecule has 1 N–H and O–H groups in total. The van der Waals surface area contributed by atoms with E-state index in [4.69, 9.17) is 33.2 Å². The van der Waals surface area contributed by atoms with Crippen molar-refractivity contribution in [1.82, 2.24) is 14.7 Å². The van der Waals surface area contributed by atoms with Crippen LogP contribution in [0.2, 0.25) is 0 Å². The summed E-state index contributed by atoms with van der Waals surface area (Å²) in [5, 5.41) is 11.9. The molecule has 1 aromatic rings. The van der Waals surface area contributed by atoms with E-state index in [1.165, 1.54) is 31.1 Å². The third-order valence-electron chi connectivity index (χ3n) is 14.1. The van der Waals surface area contributed by atoms with Gasteiger partial charge in [0.1, 0.15) is 36.5 Å². The van der Waals surface area contributed by atoms with E-state index in [-0.39, 0.29) is 50.0 Å². The molecule has 4 heterocycles. The lowest BCUT2D eigenvalue weighted by atomic mass is 9.73. The van der Waals surface area contributed by atoms with Gasteiger partial charge < -0.3 is 38.3 Å². The lowest BCUT2D eigenvalue weighted by Crippen LogP contribution is -2.61. The molecule has 0 spiro atoms. The Balaban J connectivity index is 1.62. The van der Waals surface area contributed by atoms with Gasteiger partial charge in [-0.25, -0.2) is 23.7 Å². The number of ketones is 1. The largest absolute Gasteiger partial charge is 0.458 e. The summed E-state index contributed by atoms with van der Waals surface area (Å²) < 4.78 is 57.1. The molecule has 15 atom stereocenters. The van der Waals surface area contributed by atoms with Crippen molar-refractivity contribution >= 4 is 30.0 Å². The summed E-state index contributed by atoms with van der Waals surface area (Å²) in [6, 6.07) is 4.04. The van der Waals surface area contributed by atoms with Crippen LogP contribution in [-0.2, 0) is 49.2 Å². The minimum atomic E-state index is -1.53. The number of rotatable bonds is 10. The number of hydrogen-bond acceptors (Lipinski definition) is 14. The molecule has 0 aromatic heterocycles. The molecule has 5 rings (SSSR count). The number of carbonyl (C=O) groups is 5. The van der Waals surface area contributed by atoms with Crippen LogP contribution in [0.1, 0.15) is 101 Å². The minimum absolute atomic E-state index is 0.0371. The molecule has 17 heteroatoms. The average Bonchev–Trinajstić information content (AvgIpc) is 3.71. The van der Waals surface area contributed by atoms with Crippen LogP contribution >= 0.6 is 0 Å². The quantitative estimate of drug-likeness (QED) is 0.210. The second kappa shape index (κ2) is 20.1. The molecule has 3 amide bonds. The second-order valence-electron chi connectivity index (χ2n) is 18.9. The topological polar surface area (TPSA) is 180 Å². The zero-order valence-corrected chi connectivity index (χ0v) is 39.2. The van der Waals surface area contributed by atoms with E-state index in [1.807, 2.05) is 32.7 Å². The van der Waals surface area contributed by atoms with Gasteiger partial charge in [-0.05, 0) is 98.9 Å². The first-order chi connectivity index (χ1) is 29.5. The van der Waals surface area contributed by atoms with E-state index in [1.54, 1.807) is 60.6 Å². The van der Waals surface area contributed by atoms with Crippen LogP contribution in [0.5, 0.6) is 0 Å². The van der Waals surface area contributed by atoms with Crippen molar-refractivity contribution in [2.24, 2.45) is 23.7 Å². The summed E-state index contributed by atoms with van der Waals surface area (Å²) >= 11 is 0. The molecule has 63 heavy (non-hydrogen) atoms. The molecule has 1 aromatic carbocycles. The molecule has 0 radical (unpaired) electrons. The number of aliphatic hydroxyl groups excluding tert-OH is 1. The van der Waals surface area contributed by atoms with Crippen LogP contribution in [0.15, 0.2) is 24.3 Å². The molecule has 15 unspecified atom stereocenters. The van der Waals surface area contributed by atoms with Crippen LogP contribution in [0.4, 0.5) is 18.8 Å². The Kier molecular flexibility index (Phi) is 16.0. The number of aliphatic hydroxyl groups is 1. The van der Waals surface area contributed by atoms with Crippen molar-refractivity contribution < 1.29 is 66.6 Å². The number of amides is 3. The fourth-order valence-corrected chi connectivity index (χ4v) is 10.2. The molecular weight excluding hydrogens is 822 g/mol. The Morgan fingerprint density at radius 1 is 1.02 bits per heavy atom. The number of imide groups is 1. The van der Waals surface area contributed by atoms with E-state index in [2.05, 4.69) is 0 Å². The highest BCUT2D eigenvalue weighted by Gasteiger charge is 2.61.